The maximum Gasteiger partial charge on any atom is 2.00 e. The Bertz CT molecular complexity index is 2490. The quantitative estimate of drug-likeness (QED) is 0.115. The van der Waals surface area contributed by atoms with Crippen LogP contribution in [0.5, 0.6) is 0 Å². The average molecular weight is 796 g/mol. The molecule has 4 aromatic carbocycles. The van der Waals surface area contributed by atoms with Gasteiger partial charge in [-0.2, -0.15) is 0 Å². The van der Waals surface area contributed by atoms with Crippen LogP contribution in [0.1, 0.15) is 0 Å². The summed E-state index contributed by atoms with van der Waals surface area (Å²) in [5, 5.41) is 1.62. The van der Waals surface area contributed by atoms with E-state index in [9.17, 15) is 0 Å². The summed E-state index contributed by atoms with van der Waals surface area (Å²) < 4.78 is 0. The number of rotatable bonds is 0. The van der Waals surface area contributed by atoms with E-state index in [1.165, 1.54) is 0 Å². The average Bonchev–Trinajstić information content (AvgIpc) is 3.71. The number of benzene rings is 4. The van der Waals surface area contributed by atoms with Crippen LogP contribution in [0.4, 0.5) is 0 Å². The first-order chi connectivity index (χ1) is 21.4. The Morgan fingerprint density at radius 2 is 0.796 bits per heavy atom. The molecule has 0 N–H and O–H groups in total. The van der Waals surface area contributed by atoms with Crippen molar-refractivity contribution < 1.29 is 17.1 Å². The second kappa shape index (κ2) is 16.7. The van der Waals surface area contributed by atoms with Crippen LogP contribution in [0, 0.1) is 0 Å². The SMILES string of the molecule is Sc1ccc2c(c1)-c1nc3nc(nc4nc([n-]c5[n-]c(nc-2n1)c1cc(S)ccc51)-c1ccc(S)cc1-4)-c1cc(S)ccc1-3.[Cu+2].[Na].[Na].[Na].[Na]. The van der Waals surface area contributed by atoms with Gasteiger partial charge in [0.25, 0.3) is 0 Å². The summed E-state index contributed by atoms with van der Waals surface area (Å²) in [6, 6.07) is 23.1. The van der Waals surface area contributed by atoms with E-state index in [1.807, 2.05) is 72.8 Å². The van der Waals surface area contributed by atoms with E-state index in [0.717, 1.165) is 63.7 Å². The van der Waals surface area contributed by atoms with E-state index >= 15 is 0 Å². The van der Waals surface area contributed by atoms with Gasteiger partial charge in [-0.1, -0.05) is 12.1 Å². The van der Waals surface area contributed by atoms with E-state index in [-0.39, 0.29) is 135 Å². The summed E-state index contributed by atoms with van der Waals surface area (Å²) in [5.74, 6) is 2.84. The summed E-state index contributed by atoms with van der Waals surface area (Å²) in [6.45, 7) is 0. The third-order valence-electron chi connectivity index (χ3n) is 7.63. The first-order valence-corrected chi connectivity index (χ1v) is 15.2. The number of hydrogen-bond donors (Lipinski definition) is 4. The number of nitrogens with zero attached hydrogens (tertiary/aromatic N) is 8. The molecule has 0 unspecified atom stereocenters. The molecular formula is C32H16CuN8Na4S4. The summed E-state index contributed by atoms with van der Waals surface area (Å²) in [6.07, 6.45) is 0. The number of thiol groups is 4. The minimum absolute atomic E-state index is 0. The molecule has 0 saturated heterocycles. The summed E-state index contributed by atoms with van der Waals surface area (Å²) in [5.41, 5.74) is 5.79. The number of aromatic nitrogens is 8. The molecule has 2 aromatic heterocycles. The molecule has 0 amide bonds. The van der Waals surface area contributed by atoms with Gasteiger partial charge in [-0.15, -0.1) is 62.0 Å². The second-order valence-corrected chi connectivity index (χ2v) is 12.5. The molecule has 223 valence electrons. The van der Waals surface area contributed by atoms with Crippen LogP contribution in [0.3, 0.4) is 0 Å². The molecule has 0 atom stereocenters. The Morgan fingerprint density at radius 1 is 0.388 bits per heavy atom. The van der Waals surface area contributed by atoms with Gasteiger partial charge >= 0.3 is 17.1 Å². The minimum Gasteiger partial charge on any atom is -0.523 e. The Labute approximate surface area is 402 Å². The van der Waals surface area contributed by atoms with Crippen LogP contribution < -0.4 is 9.97 Å². The van der Waals surface area contributed by atoms with Crippen LogP contribution in [-0.2, 0) is 17.1 Å². The van der Waals surface area contributed by atoms with Gasteiger partial charge in [0.15, 0.2) is 23.3 Å². The van der Waals surface area contributed by atoms with E-state index < -0.39 is 0 Å². The van der Waals surface area contributed by atoms with E-state index in [4.69, 9.17) is 39.9 Å². The third kappa shape index (κ3) is 7.60. The van der Waals surface area contributed by atoms with Crippen LogP contribution in [0.15, 0.2) is 92.4 Å². The van der Waals surface area contributed by atoms with Crippen molar-refractivity contribution >= 4 is 191 Å². The molecule has 17 heteroatoms. The van der Waals surface area contributed by atoms with Crippen LogP contribution in [0.25, 0.3) is 90.4 Å². The van der Waals surface area contributed by atoms with Crippen LogP contribution in [0.2, 0.25) is 0 Å². The van der Waals surface area contributed by atoms with Crippen molar-refractivity contribution in [2.45, 2.75) is 19.6 Å². The topological polar surface area (TPSA) is 106 Å². The van der Waals surface area contributed by atoms with E-state index in [2.05, 4.69) is 50.5 Å². The largest absolute Gasteiger partial charge is 2.00 e. The van der Waals surface area contributed by atoms with Crippen molar-refractivity contribution in [2.75, 3.05) is 0 Å². The van der Waals surface area contributed by atoms with Crippen LogP contribution >= 0.6 is 50.5 Å². The zero-order chi connectivity index (χ0) is 29.7. The molecule has 49 heavy (non-hydrogen) atoms. The molecule has 6 aromatic rings. The zero-order valence-corrected chi connectivity index (χ0v) is 39.1. The fourth-order valence-electron chi connectivity index (χ4n) is 5.62. The molecule has 8 bridgehead atoms. The Morgan fingerprint density at radius 3 is 1.35 bits per heavy atom. The Hall–Kier alpha value is 0.159. The van der Waals surface area contributed by atoms with Crippen molar-refractivity contribution in [1.29, 1.82) is 0 Å². The van der Waals surface area contributed by atoms with E-state index in [0.29, 0.717) is 46.2 Å². The standard InChI is InChI=1S/C32H16N8S4.Cu.4Na/c41-13-1-5-17-21(9-13)29-34-25(17)33-26-18-6-2-15(43)11-23(18)31(35-26)40-32-24-12-16(44)4-8-20(24)28(39-32)38-30-22-10-14(42)3-7-19(22)27(36-29)37-30;;;;;/h1-12H,(H4-2,33,34,35,36,37,38,39,40,41,42,43,44);;;;;/q-2;+2;;;;. The van der Waals surface area contributed by atoms with Gasteiger partial charge in [0.1, 0.15) is 0 Å². The molecule has 9 rings (SSSR count). The molecule has 0 spiro atoms. The molecule has 8 nitrogen and oxygen atoms in total. The predicted octanol–water partition coefficient (Wildman–Crippen LogP) is 5.66. The minimum atomic E-state index is 0. The van der Waals surface area contributed by atoms with Crippen molar-refractivity contribution in [1.82, 2.24) is 39.9 Å². The molecule has 0 fully saturated rings. The van der Waals surface area contributed by atoms with Gasteiger partial charge in [0.05, 0.1) is 0 Å². The van der Waals surface area contributed by atoms with Crippen molar-refractivity contribution in [3.63, 3.8) is 0 Å². The van der Waals surface area contributed by atoms with Gasteiger partial charge in [0.2, 0.25) is 0 Å². The third-order valence-corrected chi connectivity index (χ3v) is 8.75. The van der Waals surface area contributed by atoms with E-state index in [1.54, 1.807) is 0 Å². The van der Waals surface area contributed by atoms with Gasteiger partial charge < -0.3 is 15.0 Å². The van der Waals surface area contributed by atoms with Crippen molar-refractivity contribution in [3.05, 3.63) is 72.8 Å². The van der Waals surface area contributed by atoms with Crippen molar-refractivity contribution in [2.24, 2.45) is 0 Å². The predicted molar refractivity (Wildman–Crippen MR) is 204 cm³/mol. The molecule has 0 aliphatic carbocycles. The molecule has 0 saturated carbocycles. The van der Waals surface area contributed by atoms with Crippen LogP contribution in [-0.4, -0.2) is 148 Å². The zero-order valence-electron chi connectivity index (χ0n) is 26.6. The summed E-state index contributed by atoms with van der Waals surface area (Å²) >= 11 is 18.4. The van der Waals surface area contributed by atoms with Crippen molar-refractivity contribution in [3.8, 4) is 68.3 Å². The molecule has 5 heterocycles. The first kappa shape index (κ1) is 41.9. The second-order valence-electron chi connectivity index (χ2n) is 10.4. The van der Waals surface area contributed by atoms with Gasteiger partial charge in [-0.05, 0) is 82.6 Å². The van der Waals surface area contributed by atoms with Gasteiger partial charge in [-0.25, -0.2) is 24.9 Å². The first-order valence-electron chi connectivity index (χ1n) is 13.4. The fraction of sp³-hybridized carbons (Fsp3) is 0. The number of hydrogen-bond acceptors (Lipinski definition) is 10. The maximum atomic E-state index is 4.97. The Balaban J connectivity index is 0.00000108. The maximum absolute atomic E-state index is 4.97. The number of fused-ring (bicyclic) bond motifs is 20. The molecule has 3 aliphatic rings. The monoisotopic (exact) mass is 795 g/mol. The normalized spacial score (nSPS) is 10.9. The molecule has 3 aliphatic heterocycles. The smallest absolute Gasteiger partial charge is 0.523 e. The molecule has 5 radical (unpaired) electrons. The summed E-state index contributed by atoms with van der Waals surface area (Å²) in [4.78, 5) is 42.5. The van der Waals surface area contributed by atoms with Gasteiger partial charge in [0, 0.05) is 172 Å². The van der Waals surface area contributed by atoms with Gasteiger partial charge in [-0.3, -0.25) is 0 Å². The molecular weight excluding hydrogens is 780 g/mol. The Kier molecular flexibility index (Phi) is 14.3. The fourth-order valence-corrected chi connectivity index (χ4v) is 6.43. The summed E-state index contributed by atoms with van der Waals surface area (Å²) in [7, 11) is 0.